The van der Waals surface area contributed by atoms with Crippen molar-refractivity contribution in [3.63, 3.8) is 0 Å². The molecule has 4 nitrogen and oxygen atoms in total. The van der Waals surface area contributed by atoms with Crippen LogP contribution in [0.1, 0.15) is 37.5 Å². The number of thiazole rings is 1. The van der Waals surface area contributed by atoms with E-state index in [1.54, 1.807) is 12.4 Å². The lowest BCUT2D eigenvalue weighted by molar-refractivity contribution is 0.0938. The molecule has 0 spiro atoms. The monoisotopic (exact) mass is 323 g/mol. The van der Waals surface area contributed by atoms with Crippen LogP contribution in [0.25, 0.3) is 0 Å². The van der Waals surface area contributed by atoms with Gasteiger partial charge < -0.3 is 5.32 Å². The molecule has 3 rings (SSSR count). The molecule has 0 saturated carbocycles. The van der Waals surface area contributed by atoms with Gasteiger partial charge in [0.2, 0.25) is 0 Å². The van der Waals surface area contributed by atoms with Gasteiger partial charge in [0.25, 0.3) is 5.91 Å². The van der Waals surface area contributed by atoms with Crippen LogP contribution in [0.5, 0.6) is 0 Å². The van der Waals surface area contributed by atoms with Crippen LogP contribution in [0, 0.1) is 13.8 Å². The molecule has 0 aliphatic rings. The number of hydrogen-bond donors (Lipinski definition) is 1. The lowest BCUT2D eigenvalue weighted by Crippen LogP contribution is -2.30. The van der Waals surface area contributed by atoms with Gasteiger partial charge in [0.15, 0.2) is 0 Å². The number of benzene rings is 1. The summed E-state index contributed by atoms with van der Waals surface area (Å²) in [4.78, 5) is 22.0. The van der Waals surface area contributed by atoms with Crippen molar-refractivity contribution < 1.29 is 4.79 Å². The first-order valence-corrected chi connectivity index (χ1v) is 8.16. The smallest absolute Gasteiger partial charge is 0.271 e. The second-order valence-electron chi connectivity index (χ2n) is 5.24. The normalized spacial score (nSPS) is 11.9. The highest BCUT2D eigenvalue weighted by Gasteiger charge is 2.20. The number of aryl methyl sites for hydroxylation is 2. The second-order valence-corrected chi connectivity index (χ2v) is 6.64. The quantitative estimate of drug-likeness (QED) is 0.797. The standard InChI is InChI=1S/C18H17N3OS/c1-12-16(20-13(2)23-12)18(22)21-17(14-6-4-3-5-7-14)15-8-10-19-11-9-15/h3-11,17H,1-2H3,(H,21,22)/t17-/m1/s1. The largest absolute Gasteiger partial charge is 0.340 e. The zero-order valence-electron chi connectivity index (χ0n) is 13.0. The van der Waals surface area contributed by atoms with E-state index in [0.29, 0.717) is 5.69 Å². The number of nitrogens with zero attached hydrogens (tertiary/aromatic N) is 2. The Morgan fingerprint density at radius 1 is 1.04 bits per heavy atom. The van der Waals surface area contributed by atoms with E-state index in [4.69, 9.17) is 0 Å². The molecule has 0 bridgehead atoms. The average molecular weight is 323 g/mol. The van der Waals surface area contributed by atoms with Crippen LogP contribution in [0.2, 0.25) is 0 Å². The SMILES string of the molecule is Cc1nc(C(=O)N[C@H](c2ccccc2)c2ccncc2)c(C)s1. The summed E-state index contributed by atoms with van der Waals surface area (Å²) < 4.78 is 0. The van der Waals surface area contributed by atoms with Gasteiger partial charge in [-0.1, -0.05) is 30.3 Å². The van der Waals surface area contributed by atoms with Crippen LogP contribution in [-0.2, 0) is 0 Å². The molecule has 0 radical (unpaired) electrons. The van der Waals surface area contributed by atoms with Crippen LogP contribution in [0.4, 0.5) is 0 Å². The van der Waals surface area contributed by atoms with Crippen molar-refractivity contribution in [3.8, 4) is 0 Å². The highest BCUT2D eigenvalue weighted by atomic mass is 32.1. The highest BCUT2D eigenvalue weighted by molar-refractivity contribution is 7.11. The maximum Gasteiger partial charge on any atom is 0.271 e. The van der Waals surface area contributed by atoms with Gasteiger partial charge in [-0.25, -0.2) is 4.98 Å². The van der Waals surface area contributed by atoms with Gasteiger partial charge in [0.1, 0.15) is 5.69 Å². The highest BCUT2D eigenvalue weighted by Crippen LogP contribution is 2.23. The first kappa shape index (κ1) is 15.4. The molecule has 0 fully saturated rings. The van der Waals surface area contributed by atoms with Gasteiger partial charge in [-0.3, -0.25) is 9.78 Å². The number of rotatable bonds is 4. The molecule has 1 N–H and O–H groups in total. The first-order chi connectivity index (χ1) is 11.1. The van der Waals surface area contributed by atoms with E-state index in [1.165, 1.54) is 11.3 Å². The molecule has 0 aliphatic heterocycles. The number of aromatic nitrogens is 2. The number of nitrogens with one attached hydrogen (secondary N) is 1. The van der Waals surface area contributed by atoms with E-state index in [1.807, 2.05) is 56.3 Å². The summed E-state index contributed by atoms with van der Waals surface area (Å²) >= 11 is 1.53. The van der Waals surface area contributed by atoms with Gasteiger partial charge in [-0.2, -0.15) is 0 Å². The Kier molecular flexibility index (Phi) is 4.48. The minimum absolute atomic E-state index is 0.155. The summed E-state index contributed by atoms with van der Waals surface area (Å²) in [5.41, 5.74) is 2.52. The molecule has 2 heterocycles. The average Bonchev–Trinajstić information content (AvgIpc) is 2.92. The molecule has 0 saturated heterocycles. The summed E-state index contributed by atoms with van der Waals surface area (Å²) in [6, 6.07) is 13.5. The van der Waals surface area contributed by atoms with Crippen LogP contribution >= 0.6 is 11.3 Å². The fraction of sp³-hybridized carbons (Fsp3) is 0.167. The Hall–Kier alpha value is -2.53. The topological polar surface area (TPSA) is 54.9 Å². The van der Waals surface area contributed by atoms with E-state index in [2.05, 4.69) is 15.3 Å². The van der Waals surface area contributed by atoms with Crippen molar-refractivity contribution in [1.82, 2.24) is 15.3 Å². The maximum absolute atomic E-state index is 12.7. The van der Waals surface area contributed by atoms with Crippen molar-refractivity contribution >= 4 is 17.2 Å². The third-order valence-electron chi connectivity index (χ3n) is 3.57. The van der Waals surface area contributed by atoms with E-state index < -0.39 is 0 Å². The van der Waals surface area contributed by atoms with E-state index in [-0.39, 0.29) is 11.9 Å². The molecule has 1 aromatic carbocycles. The van der Waals surface area contributed by atoms with Crippen molar-refractivity contribution in [1.29, 1.82) is 0 Å². The molecule has 0 unspecified atom stereocenters. The Morgan fingerprint density at radius 3 is 2.30 bits per heavy atom. The summed E-state index contributed by atoms with van der Waals surface area (Å²) in [5.74, 6) is -0.155. The summed E-state index contributed by atoms with van der Waals surface area (Å²) in [5, 5.41) is 3.99. The number of hydrogen-bond acceptors (Lipinski definition) is 4. The Balaban J connectivity index is 1.93. The minimum atomic E-state index is -0.229. The molecular weight excluding hydrogens is 306 g/mol. The third kappa shape index (κ3) is 3.46. The molecule has 116 valence electrons. The van der Waals surface area contributed by atoms with Gasteiger partial charge in [0.05, 0.1) is 11.0 Å². The maximum atomic E-state index is 12.7. The fourth-order valence-electron chi connectivity index (χ4n) is 2.50. The molecular formula is C18H17N3OS. The van der Waals surface area contributed by atoms with E-state index in [9.17, 15) is 4.79 Å². The second kappa shape index (κ2) is 6.71. The zero-order chi connectivity index (χ0) is 16.2. The number of carbonyl (C=O) groups excluding carboxylic acids is 1. The third-order valence-corrected chi connectivity index (χ3v) is 4.45. The first-order valence-electron chi connectivity index (χ1n) is 7.35. The Morgan fingerprint density at radius 2 is 1.70 bits per heavy atom. The molecule has 0 aliphatic carbocycles. The number of carbonyl (C=O) groups is 1. The van der Waals surface area contributed by atoms with Crippen molar-refractivity contribution in [2.24, 2.45) is 0 Å². The van der Waals surface area contributed by atoms with Crippen molar-refractivity contribution in [3.05, 3.63) is 81.6 Å². The van der Waals surface area contributed by atoms with Crippen molar-refractivity contribution in [2.75, 3.05) is 0 Å². The summed E-state index contributed by atoms with van der Waals surface area (Å²) in [6.45, 7) is 3.83. The van der Waals surface area contributed by atoms with E-state index in [0.717, 1.165) is 21.0 Å². The Bertz CT molecular complexity index is 760. The van der Waals surface area contributed by atoms with Crippen molar-refractivity contribution in [2.45, 2.75) is 19.9 Å². The van der Waals surface area contributed by atoms with Crippen LogP contribution in [0.15, 0.2) is 54.9 Å². The molecule has 1 amide bonds. The van der Waals surface area contributed by atoms with Gasteiger partial charge in [-0.15, -0.1) is 11.3 Å². The lowest BCUT2D eigenvalue weighted by atomic mass is 9.99. The number of amides is 1. The fourth-order valence-corrected chi connectivity index (χ4v) is 3.31. The molecule has 1 atom stereocenters. The van der Waals surface area contributed by atoms with Crippen LogP contribution < -0.4 is 5.32 Å². The molecule has 2 aromatic heterocycles. The van der Waals surface area contributed by atoms with Gasteiger partial charge in [0, 0.05) is 17.3 Å². The summed E-state index contributed by atoms with van der Waals surface area (Å²) in [7, 11) is 0. The predicted octanol–water partition coefficient (Wildman–Crippen LogP) is 3.67. The minimum Gasteiger partial charge on any atom is -0.340 e. The molecule has 23 heavy (non-hydrogen) atoms. The van der Waals surface area contributed by atoms with Gasteiger partial charge in [-0.05, 0) is 37.1 Å². The van der Waals surface area contributed by atoms with E-state index >= 15 is 0 Å². The molecule has 3 aromatic rings. The molecule has 5 heteroatoms. The van der Waals surface area contributed by atoms with Crippen LogP contribution in [0.3, 0.4) is 0 Å². The van der Waals surface area contributed by atoms with Gasteiger partial charge >= 0.3 is 0 Å². The van der Waals surface area contributed by atoms with Crippen LogP contribution in [-0.4, -0.2) is 15.9 Å². The Labute approximate surface area is 139 Å². The number of pyridine rings is 1. The predicted molar refractivity (Wildman–Crippen MR) is 91.6 cm³/mol. The zero-order valence-corrected chi connectivity index (χ0v) is 13.8. The lowest BCUT2D eigenvalue weighted by Gasteiger charge is -2.19. The summed E-state index contributed by atoms with van der Waals surface area (Å²) in [6.07, 6.45) is 3.46.